The molecule has 0 bridgehead atoms. The van der Waals surface area contributed by atoms with Gasteiger partial charge in [0, 0.05) is 38.5 Å². The molecule has 2 saturated heterocycles. The topological polar surface area (TPSA) is 95.0 Å². The Labute approximate surface area is 147 Å². The first-order chi connectivity index (χ1) is 11.9. The molecular formula is C17H22N2O5S. The Morgan fingerprint density at radius 1 is 1.16 bits per heavy atom. The number of hydrogen-bond acceptors (Lipinski definition) is 4. The summed E-state index contributed by atoms with van der Waals surface area (Å²) in [6.07, 6.45) is 0.685. The molecule has 0 aliphatic carbocycles. The van der Waals surface area contributed by atoms with Crippen LogP contribution in [0.15, 0.2) is 30.3 Å². The van der Waals surface area contributed by atoms with Crippen LogP contribution in [0.3, 0.4) is 0 Å². The van der Waals surface area contributed by atoms with Gasteiger partial charge >= 0.3 is 5.97 Å². The monoisotopic (exact) mass is 366 g/mol. The smallest absolute Gasteiger partial charge is 0.308 e. The van der Waals surface area contributed by atoms with Gasteiger partial charge in [0.05, 0.1) is 11.7 Å². The number of benzene rings is 1. The average Bonchev–Trinajstić information content (AvgIpc) is 3.17. The van der Waals surface area contributed by atoms with E-state index in [1.54, 1.807) is 4.90 Å². The summed E-state index contributed by atoms with van der Waals surface area (Å²) in [7, 11) is -3.22. The zero-order valence-electron chi connectivity index (χ0n) is 13.9. The van der Waals surface area contributed by atoms with Crippen LogP contribution in [0.25, 0.3) is 0 Å². The lowest BCUT2D eigenvalue weighted by atomic mass is 9.89. The highest BCUT2D eigenvalue weighted by atomic mass is 32.2. The van der Waals surface area contributed by atoms with Crippen molar-refractivity contribution in [1.82, 2.24) is 9.21 Å². The molecule has 2 heterocycles. The van der Waals surface area contributed by atoms with E-state index < -0.39 is 21.9 Å². The fraction of sp³-hybridized carbons (Fsp3) is 0.529. The third kappa shape index (κ3) is 3.85. The number of hydrogen-bond donors (Lipinski definition) is 1. The maximum atomic E-state index is 12.5. The van der Waals surface area contributed by atoms with Crippen molar-refractivity contribution in [2.45, 2.75) is 18.8 Å². The standard InChI is InChI=1S/C17H22N2O5S/c20-16(7-9-19-8-4-10-25(19,23)24)18-11-14(15(12-18)17(21)22)13-5-2-1-3-6-13/h1-3,5-6,14-15H,4,7-12H2,(H,21,22)/t14-,15-/m1/s1. The fourth-order valence-electron chi connectivity index (χ4n) is 3.62. The van der Waals surface area contributed by atoms with Crippen molar-refractivity contribution in [3.05, 3.63) is 35.9 Å². The molecule has 7 nitrogen and oxygen atoms in total. The molecule has 1 amide bonds. The van der Waals surface area contributed by atoms with Gasteiger partial charge in [0.15, 0.2) is 0 Å². The van der Waals surface area contributed by atoms with Gasteiger partial charge in [0.1, 0.15) is 0 Å². The SMILES string of the molecule is O=C(O)[C@@H]1CN(C(=O)CCN2CCCS2(=O)=O)C[C@@H]1c1ccccc1. The number of rotatable bonds is 5. The number of carboxylic acid groups (broad SMARTS) is 1. The highest BCUT2D eigenvalue weighted by molar-refractivity contribution is 7.89. The van der Waals surface area contributed by atoms with Crippen molar-refractivity contribution in [3.63, 3.8) is 0 Å². The zero-order chi connectivity index (χ0) is 18.0. The van der Waals surface area contributed by atoms with Gasteiger partial charge in [0.2, 0.25) is 15.9 Å². The van der Waals surface area contributed by atoms with Crippen LogP contribution in [0.4, 0.5) is 0 Å². The molecule has 2 atom stereocenters. The highest BCUT2D eigenvalue weighted by Gasteiger charge is 2.40. The maximum absolute atomic E-state index is 12.5. The summed E-state index contributed by atoms with van der Waals surface area (Å²) in [6.45, 7) is 1.15. The molecule has 0 spiro atoms. The summed E-state index contributed by atoms with van der Waals surface area (Å²) < 4.78 is 24.9. The molecule has 1 N–H and O–H groups in total. The highest BCUT2D eigenvalue weighted by Crippen LogP contribution is 2.33. The van der Waals surface area contributed by atoms with Gasteiger partial charge in [-0.05, 0) is 12.0 Å². The molecule has 136 valence electrons. The number of carbonyl (C=O) groups is 2. The number of carbonyl (C=O) groups excluding carboxylic acids is 1. The Morgan fingerprint density at radius 3 is 2.48 bits per heavy atom. The van der Waals surface area contributed by atoms with E-state index in [0.29, 0.717) is 19.5 Å². The van der Waals surface area contributed by atoms with Crippen LogP contribution in [-0.2, 0) is 19.6 Å². The van der Waals surface area contributed by atoms with E-state index in [9.17, 15) is 23.1 Å². The van der Waals surface area contributed by atoms with Crippen LogP contribution in [-0.4, -0.2) is 66.5 Å². The van der Waals surface area contributed by atoms with Crippen molar-refractivity contribution in [3.8, 4) is 0 Å². The number of sulfonamides is 1. The second kappa shape index (κ2) is 7.13. The minimum absolute atomic E-state index is 0.0904. The Hall–Kier alpha value is -1.93. The number of nitrogens with zero attached hydrogens (tertiary/aromatic N) is 2. The molecule has 2 aliphatic heterocycles. The molecule has 8 heteroatoms. The number of likely N-dealkylation sites (tertiary alicyclic amines) is 1. The van der Waals surface area contributed by atoms with Crippen LogP contribution in [0.5, 0.6) is 0 Å². The Bertz CT molecular complexity index is 750. The van der Waals surface area contributed by atoms with Crippen LogP contribution >= 0.6 is 0 Å². The van der Waals surface area contributed by atoms with Crippen molar-refractivity contribution in [2.24, 2.45) is 5.92 Å². The lowest BCUT2D eigenvalue weighted by Crippen LogP contribution is -2.34. The first kappa shape index (κ1) is 17.9. The molecule has 1 aromatic carbocycles. The first-order valence-corrected chi connectivity index (χ1v) is 10.0. The molecule has 2 fully saturated rings. The van der Waals surface area contributed by atoms with Crippen molar-refractivity contribution >= 4 is 21.9 Å². The predicted molar refractivity (Wildman–Crippen MR) is 91.5 cm³/mol. The molecule has 2 aliphatic rings. The summed E-state index contributed by atoms with van der Waals surface area (Å²) in [5, 5.41) is 9.49. The van der Waals surface area contributed by atoms with E-state index in [4.69, 9.17) is 0 Å². The minimum atomic E-state index is -3.22. The number of carboxylic acids is 1. The fourth-order valence-corrected chi connectivity index (χ4v) is 5.15. The lowest BCUT2D eigenvalue weighted by Gasteiger charge is -2.19. The molecule has 1 aromatic rings. The average molecular weight is 366 g/mol. The molecule has 0 aromatic heterocycles. The zero-order valence-corrected chi connectivity index (χ0v) is 14.7. The number of amides is 1. The summed E-state index contributed by atoms with van der Waals surface area (Å²) in [5.41, 5.74) is 0.910. The summed E-state index contributed by atoms with van der Waals surface area (Å²) in [6, 6.07) is 9.35. The molecule has 0 saturated carbocycles. The van der Waals surface area contributed by atoms with Gasteiger partial charge < -0.3 is 10.0 Å². The summed E-state index contributed by atoms with van der Waals surface area (Å²) in [4.78, 5) is 25.6. The van der Waals surface area contributed by atoms with Gasteiger partial charge in [-0.15, -0.1) is 0 Å². The van der Waals surface area contributed by atoms with E-state index in [2.05, 4.69) is 0 Å². The van der Waals surface area contributed by atoms with Crippen molar-refractivity contribution < 1.29 is 23.1 Å². The van der Waals surface area contributed by atoms with Crippen LogP contribution < -0.4 is 0 Å². The Morgan fingerprint density at radius 2 is 1.88 bits per heavy atom. The van der Waals surface area contributed by atoms with Gasteiger partial charge in [-0.1, -0.05) is 30.3 Å². The van der Waals surface area contributed by atoms with Crippen LogP contribution in [0.2, 0.25) is 0 Å². The Balaban J connectivity index is 1.65. The van der Waals surface area contributed by atoms with Gasteiger partial charge in [-0.25, -0.2) is 12.7 Å². The summed E-state index contributed by atoms with van der Waals surface area (Å²) in [5.74, 6) is -1.83. The number of aliphatic carboxylic acids is 1. The van der Waals surface area contributed by atoms with Crippen LogP contribution in [0, 0.1) is 5.92 Å². The van der Waals surface area contributed by atoms with E-state index in [1.807, 2.05) is 30.3 Å². The Kier molecular flexibility index (Phi) is 5.10. The molecule has 0 radical (unpaired) electrons. The van der Waals surface area contributed by atoms with Gasteiger partial charge in [-0.3, -0.25) is 9.59 Å². The normalized spacial score (nSPS) is 26.0. The lowest BCUT2D eigenvalue weighted by molar-refractivity contribution is -0.141. The van der Waals surface area contributed by atoms with Crippen LogP contribution in [0.1, 0.15) is 24.3 Å². The molecular weight excluding hydrogens is 344 g/mol. The van der Waals surface area contributed by atoms with Gasteiger partial charge in [-0.2, -0.15) is 0 Å². The summed E-state index contributed by atoms with van der Waals surface area (Å²) >= 11 is 0. The van der Waals surface area contributed by atoms with Crippen molar-refractivity contribution in [1.29, 1.82) is 0 Å². The maximum Gasteiger partial charge on any atom is 0.308 e. The first-order valence-electron chi connectivity index (χ1n) is 8.42. The van der Waals surface area contributed by atoms with E-state index >= 15 is 0 Å². The third-order valence-corrected chi connectivity index (χ3v) is 6.95. The molecule has 0 unspecified atom stereocenters. The predicted octanol–water partition coefficient (Wildman–Crippen LogP) is 0.739. The van der Waals surface area contributed by atoms with E-state index in [-0.39, 0.29) is 37.1 Å². The quantitative estimate of drug-likeness (QED) is 0.829. The third-order valence-electron chi connectivity index (χ3n) is 5.00. The second-order valence-electron chi connectivity index (χ2n) is 6.58. The molecule has 25 heavy (non-hydrogen) atoms. The second-order valence-corrected chi connectivity index (χ2v) is 8.67. The molecule has 3 rings (SSSR count). The minimum Gasteiger partial charge on any atom is -0.481 e. The van der Waals surface area contributed by atoms with Crippen molar-refractivity contribution in [2.75, 3.05) is 31.9 Å². The van der Waals surface area contributed by atoms with E-state index in [1.165, 1.54) is 4.31 Å². The largest absolute Gasteiger partial charge is 0.481 e. The van der Waals surface area contributed by atoms with Gasteiger partial charge in [0.25, 0.3) is 0 Å². The van der Waals surface area contributed by atoms with E-state index in [0.717, 1.165) is 5.56 Å².